The zero-order valence-electron chi connectivity index (χ0n) is 14.7. The number of rotatable bonds is 4. The molecule has 0 aromatic heterocycles. The lowest BCUT2D eigenvalue weighted by Crippen LogP contribution is -2.39. The zero-order valence-corrected chi connectivity index (χ0v) is 17.1. The van der Waals surface area contributed by atoms with Gasteiger partial charge in [-0.3, -0.25) is 9.69 Å². The first-order valence-electron chi connectivity index (χ1n) is 8.76. The van der Waals surface area contributed by atoms with Crippen molar-refractivity contribution in [3.05, 3.63) is 68.7 Å². The van der Waals surface area contributed by atoms with Gasteiger partial charge in [-0.25, -0.2) is 0 Å². The molecule has 0 radical (unpaired) electrons. The van der Waals surface area contributed by atoms with E-state index in [1.165, 1.54) is 6.07 Å². The van der Waals surface area contributed by atoms with Crippen LogP contribution in [0, 0.1) is 5.92 Å². The van der Waals surface area contributed by atoms with E-state index >= 15 is 0 Å². The molecule has 0 amide bonds. The van der Waals surface area contributed by atoms with Gasteiger partial charge in [-0.05, 0) is 61.3 Å². The number of alkyl halides is 3. The van der Waals surface area contributed by atoms with Crippen LogP contribution in [0.25, 0.3) is 0 Å². The van der Waals surface area contributed by atoms with Gasteiger partial charge in [-0.2, -0.15) is 13.2 Å². The van der Waals surface area contributed by atoms with E-state index in [1.807, 2.05) is 29.2 Å². The summed E-state index contributed by atoms with van der Waals surface area (Å²) in [6.07, 6.45) is -3.63. The number of carbonyl (C=O) groups is 1. The summed E-state index contributed by atoms with van der Waals surface area (Å²) in [6.45, 7) is 0.969. The lowest BCUT2D eigenvalue weighted by atomic mass is 9.90. The number of carboxylic acid groups (broad SMARTS) is 1. The van der Waals surface area contributed by atoms with E-state index in [1.54, 1.807) is 6.07 Å². The minimum absolute atomic E-state index is 0.339. The maximum absolute atomic E-state index is 13.4. The van der Waals surface area contributed by atoms with Gasteiger partial charge in [0, 0.05) is 4.47 Å². The lowest BCUT2D eigenvalue weighted by molar-refractivity contribution is -0.143. The minimum Gasteiger partial charge on any atom is -0.481 e. The molecule has 1 saturated heterocycles. The molecule has 0 bridgehead atoms. The molecule has 8 heteroatoms. The molecule has 2 aromatic rings. The quantitative estimate of drug-likeness (QED) is 0.588. The fourth-order valence-electron chi connectivity index (χ4n) is 3.63. The largest absolute Gasteiger partial charge is 0.481 e. The summed E-state index contributed by atoms with van der Waals surface area (Å²) in [6, 6.07) is 11.0. The molecule has 0 aliphatic carbocycles. The molecule has 0 saturated carbocycles. The van der Waals surface area contributed by atoms with Crippen molar-refractivity contribution in [3.63, 3.8) is 0 Å². The lowest BCUT2D eigenvalue weighted by Gasteiger charge is -2.37. The summed E-state index contributed by atoms with van der Waals surface area (Å²) in [5.74, 6) is -1.25. The molecule has 3 rings (SSSR count). The monoisotopic (exact) mass is 475 g/mol. The molecule has 1 atom stereocenters. The van der Waals surface area contributed by atoms with Crippen LogP contribution in [0.15, 0.2) is 46.9 Å². The van der Waals surface area contributed by atoms with E-state index in [4.69, 9.17) is 11.6 Å². The molecule has 1 aliphatic heterocycles. The van der Waals surface area contributed by atoms with Gasteiger partial charge < -0.3 is 5.11 Å². The van der Waals surface area contributed by atoms with Crippen LogP contribution in [0.1, 0.15) is 35.6 Å². The molecular weight excluding hydrogens is 459 g/mol. The Labute approximate surface area is 174 Å². The Morgan fingerprint density at radius 2 is 1.79 bits per heavy atom. The van der Waals surface area contributed by atoms with Gasteiger partial charge in [0.1, 0.15) is 0 Å². The van der Waals surface area contributed by atoms with E-state index in [0.29, 0.717) is 31.5 Å². The van der Waals surface area contributed by atoms with E-state index in [-0.39, 0.29) is 5.02 Å². The Balaban J connectivity index is 2.02. The summed E-state index contributed by atoms with van der Waals surface area (Å²) < 4.78 is 40.9. The second-order valence-electron chi connectivity index (χ2n) is 6.84. The second-order valence-corrected chi connectivity index (χ2v) is 8.17. The molecule has 1 heterocycles. The smallest absolute Gasteiger partial charge is 0.417 e. The van der Waals surface area contributed by atoms with E-state index in [0.717, 1.165) is 16.1 Å². The average Bonchev–Trinajstić information content (AvgIpc) is 2.63. The maximum atomic E-state index is 13.4. The Kier molecular flexibility index (Phi) is 6.37. The third kappa shape index (κ3) is 4.70. The number of benzene rings is 2. The van der Waals surface area contributed by atoms with Crippen LogP contribution < -0.4 is 0 Å². The molecule has 0 spiro atoms. The van der Waals surface area contributed by atoms with E-state index < -0.39 is 29.7 Å². The number of carboxylic acids is 1. The maximum Gasteiger partial charge on any atom is 0.417 e. The Hall–Kier alpha value is -1.57. The molecule has 28 heavy (non-hydrogen) atoms. The minimum atomic E-state index is -4.55. The molecule has 1 N–H and O–H groups in total. The Morgan fingerprint density at radius 3 is 2.36 bits per heavy atom. The fourth-order valence-corrected chi connectivity index (χ4v) is 4.27. The summed E-state index contributed by atoms with van der Waals surface area (Å²) in [7, 11) is 0. The van der Waals surface area contributed by atoms with Crippen molar-refractivity contribution >= 4 is 33.5 Å². The SMILES string of the molecule is O=C(O)C1CCN(C(c2cccc(Br)c2)c2ccc(Cl)c(C(F)(F)F)c2)CC1. The van der Waals surface area contributed by atoms with Crippen LogP contribution in [0.3, 0.4) is 0 Å². The number of hydrogen-bond acceptors (Lipinski definition) is 2. The number of aliphatic carboxylic acids is 1. The molecule has 3 nitrogen and oxygen atoms in total. The fraction of sp³-hybridized carbons (Fsp3) is 0.350. The number of nitrogens with zero attached hydrogens (tertiary/aromatic N) is 1. The normalized spacial score (nSPS) is 17.5. The highest BCUT2D eigenvalue weighted by atomic mass is 79.9. The molecule has 150 valence electrons. The van der Waals surface area contributed by atoms with Gasteiger partial charge >= 0.3 is 12.1 Å². The summed E-state index contributed by atoms with van der Waals surface area (Å²) >= 11 is 9.21. The van der Waals surface area contributed by atoms with E-state index in [9.17, 15) is 23.1 Å². The third-order valence-corrected chi connectivity index (χ3v) is 5.84. The zero-order chi connectivity index (χ0) is 20.5. The average molecular weight is 477 g/mol. The van der Waals surface area contributed by atoms with E-state index in [2.05, 4.69) is 15.9 Å². The van der Waals surface area contributed by atoms with Crippen LogP contribution >= 0.6 is 27.5 Å². The van der Waals surface area contributed by atoms with Gasteiger partial charge in [-0.15, -0.1) is 0 Å². The van der Waals surface area contributed by atoms with Gasteiger partial charge in [0.25, 0.3) is 0 Å². The number of piperidine rings is 1. The summed E-state index contributed by atoms with van der Waals surface area (Å²) in [4.78, 5) is 13.3. The van der Waals surface area contributed by atoms with Crippen LogP contribution in [0.2, 0.25) is 5.02 Å². The van der Waals surface area contributed by atoms with Gasteiger partial charge in [-0.1, -0.05) is 45.7 Å². The number of likely N-dealkylation sites (tertiary alicyclic amines) is 1. The van der Waals surface area contributed by atoms with Crippen LogP contribution in [0.4, 0.5) is 13.2 Å². The number of halogens is 5. The van der Waals surface area contributed by atoms with Crippen LogP contribution in [-0.4, -0.2) is 29.1 Å². The molecular formula is C20H18BrClF3NO2. The summed E-state index contributed by atoms with van der Waals surface area (Å²) in [5, 5.41) is 8.89. The highest BCUT2D eigenvalue weighted by molar-refractivity contribution is 9.10. The first-order chi connectivity index (χ1) is 13.2. The van der Waals surface area contributed by atoms with Crippen molar-refractivity contribution in [3.8, 4) is 0 Å². The van der Waals surface area contributed by atoms with Crippen molar-refractivity contribution in [2.45, 2.75) is 25.1 Å². The first-order valence-corrected chi connectivity index (χ1v) is 9.93. The standard InChI is InChI=1S/C20H18BrClF3NO2/c21-15-3-1-2-13(10-15)18(26-8-6-12(7-9-26)19(27)28)14-4-5-17(22)16(11-14)20(23,24)25/h1-5,10-12,18H,6-9H2,(H,27,28). The summed E-state index contributed by atoms with van der Waals surface area (Å²) in [5.41, 5.74) is 0.439. The van der Waals surface area contributed by atoms with Crippen LogP contribution in [0.5, 0.6) is 0 Å². The predicted molar refractivity (Wildman–Crippen MR) is 104 cm³/mol. The van der Waals surface area contributed by atoms with Gasteiger partial charge in [0.2, 0.25) is 0 Å². The highest BCUT2D eigenvalue weighted by Gasteiger charge is 2.35. The van der Waals surface area contributed by atoms with Crippen molar-refractivity contribution < 1.29 is 23.1 Å². The Bertz CT molecular complexity index is 867. The highest BCUT2D eigenvalue weighted by Crippen LogP contribution is 2.39. The first kappa shape index (κ1) is 21.1. The molecule has 1 fully saturated rings. The van der Waals surface area contributed by atoms with Crippen molar-refractivity contribution in [2.24, 2.45) is 5.92 Å². The predicted octanol–water partition coefficient (Wildman–Crippen LogP) is 6.01. The van der Waals surface area contributed by atoms with Crippen molar-refractivity contribution in [1.29, 1.82) is 0 Å². The van der Waals surface area contributed by atoms with Gasteiger partial charge in [0.05, 0.1) is 22.5 Å². The van der Waals surface area contributed by atoms with Crippen molar-refractivity contribution in [2.75, 3.05) is 13.1 Å². The molecule has 1 aliphatic rings. The van der Waals surface area contributed by atoms with Gasteiger partial charge in [0.15, 0.2) is 0 Å². The molecule has 1 unspecified atom stereocenters. The van der Waals surface area contributed by atoms with Crippen molar-refractivity contribution in [1.82, 2.24) is 4.90 Å². The second kappa shape index (κ2) is 8.43. The third-order valence-electron chi connectivity index (χ3n) is 5.02. The molecule has 2 aromatic carbocycles. The van der Waals surface area contributed by atoms with Crippen LogP contribution in [-0.2, 0) is 11.0 Å². The number of hydrogen-bond donors (Lipinski definition) is 1. The topological polar surface area (TPSA) is 40.5 Å². The Morgan fingerprint density at radius 1 is 1.14 bits per heavy atom.